The summed E-state index contributed by atoms with van der Waals surface area (Å²) in [6, 6.07) is 1.79. The molecule has 0 saturated carbocycles. The lowest BCUT2D eigenvalue weighted by Crippen LogP contribution is -2.08. The van der Waals surface area contributed by atoms with E-state index in [9.17, 15) is 0 Å². The molecular weight excluding hydrogens is 218 g/mol. The summed E-state index contributed by atoms with van der Waals surface area (Å²) < 4.78 is 2.03. The first-order chi connectivity index (χ1) is 8.38. The number of aryl methyl sites for hydroxylation is 1. The molecule has 2 aromatic heterocycles. The molecule has 0 aliphatic carbocycles. The second kappa shape index (κ2) is 5.95. The standard InChI is InChI=1S/C11H15N5O/c17-8-11-14-4-2-10(15-11)13-3-1-6-16-7-5-12-9-16/h2,4-5,7,9,17H,1,3,6,8H2,(H,13,14,15). The van der Waals surface area contributed by atoms with Crippen LogP contribution in [0.25, 0.3) is 0 Å². The Morgan fingerprint density at radius 3 is 3.06 bits per heavy atom. The largest absolute Gasteiger partial charge is 0.388 e. The minimum atomic E-state index is -0.134. The molecule has 6 nitrogen and oxygen atoms in total. The van der Waals surface area contributed by atoms with Crippen molar-refractivity contribution in [1.29, 1.82) is 0 Å². The summed E-state index contributed by atoms with van der Waals surface area (Å²) in [5, 5.41) is 12.1. The highest BCUT2D eigenvalue weighted by Crippen LogP contribution is 2.02. The van der Waals surface area contributed by atoms with E-state index >= 15 is 0 Å². The number of aliphatic hydroxyl groups is 1. The molecule has 2 N–H and O–H groups in total. The molecule has 90 valence electrons. The number of hydrogen-bond donors (Lipinski definition) is 2. The smallest absolute Gasteiger partial charge is 0.156 e. The number of rotatable bonds is 6. The van der Waals surface area contributed by atoms with E-state index in [0.29, 0.717) is 5.82 Å². The number of anilines is 1. The van der Waals surface area contributed by atoms with Crippen LogP contribution in [-0.2, 0) is 13.2 Å². The zero-order chi connectivity index (χ0) is 11.9. The number of aromatic nitrogens is 4. The fourth-order valence-electron chi connectivity index (χ4n) is 1.47. The van der Waals surface area contributed by atoms with E-state index in [2.05, 4.69) is 20.3 Å². The van der Waals surface area contributed by atoms with E-state index in [4.69, 9.17) is 5.11 Å². The third kappa shape index (κ3) is 3.53. The first-order valence-corrected chi connectivity index (χ1v) is 5.51. The van der Waals surface area contributed by atoms with Crippen molar-refractivity contribution < 1.29 is 5.11 Å². The summed E-state index contributed by atoms with van der Waals surface area (Å²) in [6.45, 7) is 1.61. The zero-order valence-corrected chi connectivity index (χ0v) is 9.45. The van der Waals surface area contributed by atoms with Crippen LogP contribution in [0.2, 0.25) is 0 Å². The highest BCUT2D eigenvalue weighted by molar-refractivity contribution is 5.32. The Morgan fingerprint density at radius 1 is 1.35 bits per heavy atom. The fourth-order valence-corrected chi connectivity index (χ4v) is 1.47. The number of nitrogens with one attached hydrogen (secondary N) is 1. The van der Waals surface area contributed by atoms with Crippen molar-refractivity contribution in [3.8, 4) is 0 Å². The van der Waals surface area contributed by atoms with Gasteiger partial charge >= 0.3 is 0 Å². The van der Waals surface area contributed by atoms with E-state index in [1.807, 2.05) is 10.8 Å². The lowest BCUT2D eigenvalue weighted by atomic mass is 10.4. The van der Waals surface area contributed by atoms with Gasteiger partial charge in [0.2, 0.25) is 0 Å². The number of nitrogens with zero attached hydrogens (tertiary/aromatic N) is 4. The topological polar surface area (TPSA) is 75.9 Å². The van der Waals surface area contributed by atoms with Crippen LogP contribution in [0.3, 0.4) is 0 Å². The van der Waals surface area contributed by atoms with Gasteiger partial charge in [-0.25, -0.2) is 15.0 Å². The molecule has 0 bridgehead atoms. The predicted molar refractivity (Wildman–Crippen MR) is 63.3 cm³/mol. The fraction of sp³-hybridized carbons (Fsp3) is 0.364. The number of aliphatic hydroxyl groups excluding tert-OH is 1. The Bertz CT molecular complexity index is 443. The van der Waals surface area contributed by atoms with Gasteiger partial charge in [0.25, 0.3) is 0 Å². The Hall–Kier alpha value is -1.95. The normalized spacial score (nSPS) is 10.4. The molecule has 0 radical (unpaired) electrons. The van der Waals surface area contributed by atoms with Crippen molar-refractivity contribution in [2.24, 2.45) is 0 Å². The van der Waals surface area contributed by atoms with Crippen LogP contribution >= 0.6 is 0 Å². The van der Waals surface area contributed by atoms with Gasteiger partial charge in [0.15, 0.2) is 5.82 Å². The quantitative estimate of drug-likeness (QED) is 0.717. The van der Waals surface area contributed by atoms with E-state index in [-0.39, 0.29) is 6.61 Å². The minimum absolute atomic E-state index is 0.134. The molecule has 0 atom stereocenters. The molecule has 17 heavy (non-hydrogen) atoms. The molecule has 2 aromatic rings. The third-order valence-electron chi connectivity index (χ3n) is 2.31. The highest BCUT2D eigenvalue weighted by Gasteiger charge is 1.97. The van der Waals surface area contributed by atoms with E-state index in [0.717, 1.165) is 25.3 Å². The van der Waals surface area contributed by atoms with Gasteiger partial charge in [-0.15, -0.1) is 0 Å². The molecule has 0 aliphatic rings. The predicted octanol–water partition coefficient (Wildman–Crippen LogP) is 0.668. The van der Waals surface area contributed by atoms with E-state index < -0.39 is 0 Å². The van der Waals surface area contributed by atoms with Crippen LogP contribution in [0.4, 0.5) is 5.82 Å². The lowest BCUT2D eigenvalue weighted by molar-refractivity contribution is 0.271. The second-order valence-corrected chi connectivity index (χ2v) is 3.60. The van der Waals surface area contributed by atoms with Gasteiger partial charge in [-0.05, 0) is 12.5 Å². The first-order valence-electron chi connectivity index (χ1n) is 5.51. The van der Waals surface area contributed by atoms with Gasteiger partial charge in [-0.2, -0.15) is 0 Å². The SMILES string of the molecule is OCc1nccc(NCCCn2ccnc2)n1. The minimum Gasteiger partial charge on any atom is -0.388 e. The van der Waals surface area contributed by atoms with Crippen molar-refractivity contribution in [3.63, 3.8) is 0 Å². The molecule has 0 aliphatic heterocycles. The van der Waals surface area contributed by atoms with Crippen molar-refractivity contribution >= 4 is 5.82 Å². The molecule has 2 rings (SSSR count). The van der Waals surface area contributed by atoms with Crippen molar-refractivity contribution in [3.05, 3.63) is 36.8 Å². The van der Waals surface area contributed by atoms with Crippen LogP contribution in [-0.4, -0.2) is 31.2 Å². The average Bonchev–Trinajstić information content (AvgIpc) is 2.88. The summed E-state index contributed by atoms with van der Waals surface area (Å²) in [7, 11) is 0. The van der Waals surface area contributed by atoms with Crippen LogP contribution in [0, 0.1) is 0 Å². The highest BCUT2D eigenvalue weighted by atomic mass is 16.3. The second-order valence-electron chi connectivity index (χ2n) is 3.60. The van der Waals surface area contributed by atoms with E-state index in [1.165, 1.54) is 0 Å². The van der Waals surface area contributed by atoms with Gasteiger partial charge in [0.1, 0.15) is 12.4 Å². The number of hydrogen-bond acceptors (Lipinski definition) is 5. The van der Waals surface area contributed by atoms with Crippen molar-refractivity contribution in [2.45, 2.75) is 19.6 Å². The van der Waals surface area contributed by atoms with Crippen LogP contribution in [0.1, 0.15) is 12.2 Å². The van der Waals surface area contributed by atoms with Gasteiger partial charge in [0.05, 0.1) is 6.33 Å². The molecule has 0 spiro atoms. The maximum atomic E-state index is 8.90. The molecular formula is C11H15N5O. The molecule has 2 heterocycles. The van der Waals surface area contributed by atoms with Gasteiger partial charge < -0.3 is 15.0 Å². The third-order valence-corrected chi connectivity index (χ3v) is 2.31. The lowest BCUT2D eigenvalue weighted by Gasteiger charge is -2.06. The summed E-state index contributed by atoms with van der Waals surface area (Å²) >= 11 is 0. The summed E-state index contributed by atoms with van der Waals surface area (Å²) in [6.07, 6.45) is 8.13. The first kappa shape index (κ1) is 11.5. The molecule has 6 heteroatoms. The van der Waals surface area contributed by atoms with Gasteiger partial charge in [-0.1, -0.05) is 0 Å². The molecule has 0 amide bonds. The molecule has 0 aromatic carbocycles. The Labute approximate surface area is 99.4 Å². The molecule has 0 fully saturated rings. The summed E-state index contributed by atoms with van der Waals surface area (Å²) in [4.78, 5) is 12.0. The van der Waals surface area contributed by atoms with Crippen LogP contribution in [0.5, 0.6) is 0 Å². The van der Waals surface area contributed by atoms with Crippen molar-refractivity contribution in [1.82, 2.24) is 19.5 Å². The van der Waals surface area contributed by atoms with E-state index in [1.54, 1.807) is 24.8 Å². The Morgan fingerprint density at radius 2 is 2.29 bits per heavy atom. The van der Waals surface area contributed by atoms with Gasteiger partial charge in [-0.3, -0.25) is 0 Å². The van der Waals surface area contributed by atoms with Crippen LogP contribution < -0.4 is 5.32 Å². The molecule has 0 saturated heterocycles. The zero-order valence-electron chi connectivity index (χ0n) is 9.45. The maximum absolute atomic E-state index is 8.90. The van der Waals surface area contributed by atoms with Crippen LogP contribution in [0.15, 0.2) is 31.0 Å². The maximum Gasteiger partial charge on any atom is 0.156 e. The molecule has 0 unspecified atom stereocenters. The summed E-state index contributed by atoms with van der Waals surface area (Å²) in [5.74, 6) is 1.18. The van der Waals surface area contributed by atoms with Crippen molar-refractivity contribution in [2.75, 3.05) is 11.9 Å². The Balaban J connectivity index is 1.74. The monoisotopic (exact) mass is 233 g/mol. The summed E-state index contributed by atoms with van der Waals surface area (Å²) in [5.41, 5.74) is 0. The number of imidazole rings is 1. The Kier molecular flexibility index (Phi) is 4.04. The average molecular weight is 233 g/mol. The van der Waals surface area contributed by atoms with Gasteiger partial charge in [0, 0.05) is 31.7 Å².